The van der Waals surface area contributed by atoms with Gasteiger partial charge in [0.2, 0.25) is 0 Å². The number of anilines is 4. The monoisotopic (exact) mass is 339 g/mol. The fourth-order valence-electron chi connectivity index (χ4n) is 3.20. The number of benzene rings is 1. The van der Waals surface area contributed by atoms with Gasteiger partial charge in [-0.05, 0) is 50.5 Å². The Bertz CT molecular complexity index is 677. The first-order chi connectivity index (χ1) is 12.2. The van der Waals surface area contributed by atoms with Gasteiger partial charge in [0.15, 0.2) is 0 Å². The topological polar surface area (TPSA) is 44.3 Å². The number of hydrogen-bond acceptors (Lipinski definition) is 5. The highest BCUT2D eigenvalue weighted by Gasteiger charge is 2.12. The van der Waals surface area contributed by atoms with Gasteiger partial charge < -0.3 is 15.1 Å². The number of rotatable bonds is 7. The highest BCUT2D eigenvalue weighted by molar-refractivity contribution is 5.63. The van der Waals surface area contributed by atoms with Gasteiger partial charge in [0, 0.05) is 44.1 Å². The molecule has 1 fully saturated rings. The second kappa shape index (κ2) is 8.19. The molecule has 1 saturated heterocycles. The van der Waals surface area contributed by atoms with E-state index < -0.39 is 0 Å². The van der Waals surface area contributed by atoms with Gasteiger partial charge in [-0.2, -0.15) is 0 Å². The molecule has 1 N–H and O–H groups in total. The molecular weight excluding hydrogens is 310 g/mol. The maximum atomic E-state index is 4.56. The maximum Gasteiger partial charge on any atom is 0.136 e. The van der Waals surface area contributed by atoms with Crippen molar-refractivity contribution in [2.75, 3.05) is 41.8 Å². The standard InChI is InChI=1S/C20H29N5/c1-4-5-12-24(3)20-15-19(21-16(2)22-20)23-17-8-10-18(11-9-17)25-13-6-7-14-25/h8-11,15H,4-7,12-14H2,1-3H3,(H,21,22,23). The third kappa shape index (κ3) is 4.62. The Kier molecular flexibility index (Phi) is 5.74. The zero-order valence-electron chi connectivity index (χ0n) is 15.6. The molecule has 0 bridgehead atoms. The minimum atomic E-state index is 0.789. The fraction of sp³-hybridized carbons (Fsp3) is 0.500. The Morgan fingerprint density at radius 2 is 1.84 bits per heavy atom. The van der Waals surface area contributed by atoms with Gasteiger partial charge in [0.1, 0.15) is 17.5 Å². The second-order valence-corrected chi connectivity index (χ2v) is 6.80. The second-order valence-electron chi connectivity index (χ2n) is 6.80. The average molecular weight is 339 g/mol. The highest BCUT2D eigenvalue weighted by Crippen LogP contribution is 2.24. The Morgan fingerprint density at radius 3 is 2.52 bits per heavy atom. The molecule has 0 spiro atoms. The van der Waals surface area contributed by atoms with E-state index in [9.17, 15) is 0 Å². The van der Waals surface area contributed by atoms with Crippen LogP contribution in [0.5, 0.6) is 0 Å². The van der Waals surface area contributed by atoms with E-state index in [4.69, 9.17) is 0 Å². The van der Waals surface area contributed by atoms with Crippen LogP contribution >= 0.6 is 0 Å². The molecule has 0 unspecified atom stereocenters. The summed E-state index contributed by atoms with van der Waals surface area (Å²) in [4.78, 5) is 13.7. The van der Waals surface area contributed by atoms with Gasteiger partial charge in [-0.15, -0.1) is 0 Å². The number of unbranched alkanes of at least 4 members (excludes halogenated alkanes) is 1. The number of aromatic nitrogens is 2. The summed E-state index contributed by atoms with van der Waals surface area (Å²) in [6, 6.07) is 10.7. The molecule has 1 aliphatic heterocycles. The van der Waals surface area contributed by atoms with Crippen LogP contribution in [0.2, 0.25) is 0 Å². The molecule has 0 aliphatic carbocycles. The smallest absolute Gasteiger partial charge is 0.136 e. The van der Waals surface area contributed by atoms with Gasteiger partial charge >= 0.3 is 0 Å². The summed E-state index contributed by atoms with van der Waals surface area (Å²) < 4.78 is 0. The van der Waals surface area contributed by atoms with Crippen molar-refractivity contribution in [3.05, 3.63) is 36.2 Å². The van der Waals surface area contributed by atoms with Crippen molar-refractivity contribution in [1.29, 1.82) is 0 Å². The van der Waals surface area contributed by atoms with E-state index in [0.717, 1.165) is 29.7 Å². The van der Waals surface area contributed by atoms with E-state index >= 15 is 0 Å². The van der Waals surface area contributed by atoms with Gasteiger partial charge in [-0.1, -0.05) is 13.3 Å². The number of nitrogens with one attached hydrogen (secondary N) is 1. The lowest BCUT2D eigenvalue weighted by Crippen LogP contribution is -2.20. The molecule has 2 heterocycles. The predicted octanol–water partition coefficient (Wildman–Crippen LogP) is 4.37. The summed E-state index contributed by atoms with van der Waals surface area (Å²) in [6.45, 7) is 7.50. The number of nitrogens with zero attached hydrogens (tertiary/aromatic N) is 4. The van der Waals surface area contributed by atoms with Crippen LogP contribution in [0.4, 0.5) is 23.0 Å². The molecule has 0 saturated carbocycles. The molecule has 1 aromatic heterocycles. The first-order valence-corrected chi connectivity index (χ1v) is 9.34. The molecular formula is C20H29N5. The lowest BCUT2D eigenvalue weighted by molar-refractivity contribution is 0.756. The number of aryl methyl sites for hydroxylation is 1. The van der Waals surface area contributed by atoms with Gasteiger partial charge in [-0.3, -0.25) is 0 Å². The normalized spacial score (nSPS) is 14.0. The molecule has 0 amide bonds. The van der Waals surface area contributed by atoms with Crippen LogP contribution in [-0.4, -0.2) is 36.6 Å². The lowest BCUT2D eigenvalue weighted by atomic mass is 10.2. The van der Waals surface area contributed by atoms with Crippen molar-refractivity contribution in [3.8, 4) is 0 Å². The van der Waals surface area contributed by atoms with Crippen LogP contribution in [0.3, 0.4) is 0 Å². The summed E-state index contributed by atoms with van der Waals surface area (Å²) in [5.74, 6) is 2.61. The largest absolute Gasteiger partial charge is 0.372 e. The first-order valence-electron chi connectivity index (χ1n) is 9.34. The molecule has 0 radical (unpaired) electrons. The van der Waals surface area contributed by atoms with Gasteiger partial charge in [0.05, 0.1) is 0 Å². The maximum absolute atomic E-state index is 4.56. The summed E-state index contributed by atoms with van der Waals surface area (Å²) in [5.41, 5.74) is 2.37. The van der Waals surface area contributed by atoms with Gasteiger partial charge in [0.25, 0.3) is 0 Å². The van der Waals surface area contributed by atoms with E-state index in [1.807, 2.05) is 13.0 Å². The lowest BCUT2D eigenvalue weighted by Gasteiger charge is -2.19. The predicted molar refractivity (Wildman–Crippen MR) is 106 cm³/mol. The Balaban J connectivity index is 1.70. The Hall–Kier alpha value is -2.30. The van der Waals surface area contributed by atoms with Crippen molar-refractivity contribution < 1.29 is 0 Å². The van der Waals surface area contributed by atoms with Crippen LogP contribution in [0, 0.1) is 6.92 Å². The number of hydrogen-bond donors (Lipinski definition) is 1. The van der Waals surface area contributed by atoms with Crippen LogP contribution in [0.15, 0.2) is 30.3 Å². The molecule has 5 nitrogen and oxygen atoms in total. The van der Waals surface area contributed by atoms with Crippen molar-refractivity contribution in [1.82, 2.24) is 9.97 Å². The third-order valence-electron chi connectivity index (χ3n) is 4.67. The molecule has 1 aliphatic rings. The summed E-state index contributed by atoms with van der Waals surface area (Å²) in [5, 5.41) is 3.42. The van der Waals surface area contributed by atoms with E-state index in [0.29, 0.717) is 0 Å². The molecule has 25 heavy (non-hydrogen) atoms. The van der Waals surface area contributed by atoms with Crippen molar-refractivity contribution in [3.63, 3.8) is 0 Å². The third-order valence-corrected chi connectivity index (χ3v) is 4.67. The van der Waals surface area contributed by atoms with Crippen LogP contribution in [0.1, 0.15) is 38.4 Å². The van der Waals surface area contributed by atoms with Crippen molar-refractivity contribution >= 4 is 23.0 Å². The molecule has 3 rings (SSSR count). The molecule has 0 atom stereocenters. The van der Waals surface area contributed by atoms with E-state index in [1.54, 1.807) is 0 Å². The fourth-order valence-corrected chi connectivity index (χ4v) is 3.20. The van der Waals surface area contributed by atoms with E-state index in [1.165, 1.54) is 44.5 Å². The minimum absolute atomic E-state index is 0.789. The van der Waals surface area contributed by atoms with Crippen LogP contribution < -0.4 is 15.1 Å². The summed E-state index contributed by atoms with van der Waals surface area (Å²) in [7, 11) is 2.09. The Morgan fingerprint density at radius 1 is 1.12 bits per heavy atom. The molecule has 1 aromatic carbocycles. The Labute approximate surface area is 151 Å². The quantitative estimate of drug-likeness (QED) is 0.812. The first kappa shape index (κ1) is 17.5. The van der Waals surface area contributed by atoms with Crippen molar-refractivity contribution in [2.24, 2.45) is 0 Å². The zero-order chi connectivity index (χ0) is 17.6. The summed E-state index contributed by atoms with van der Waals surface area (Å²) >= 11 is 0. The zero-order valence-corrected chi connectivity index (χ0v) is 15.6. The molecule has 134 valence electrons. The van der Waals surface area contributed by atoms with Crippen LogP contribution in [-0.2, 0) is 0 Å². The molecule has 2 aromatic rings. The van der Waals surface area contributed by atoms with E-state index in [-0.39, 0.29) is 0 Å². The van der Waals surface area contributed by atoms with Crippen LogP contribution in [0.25, 0.3) is 0 Å². The highest BCUT2D eigenvalue weighted by atomic mass is 15.2. The molecule has 5 heteroatoms. The van der Waals surface area contributed by atoms with Crippen molar-refractivity contribution in [2.45, 2.75) is 39.5 Å². The SMILES string of the molecule is CCCCN(C)c1cc(Nc2ccc(N3CCCC3)cc2)nc(C)n1. The van der Waals surface area contributed by atoms with Gasteiger partial charge in [-0.25, -0.2) is 9.97 Å². The minimum Gasteiger partial charge on any atom is -0.372 e. The average Bonchev–Trinajstić information content (AvgIpc) is 3.14. The summed E-state index contributed by atoms with van der Waals surface area (Å²) in [6.07, 6.45) is 4.95. The van der Waals surface area contributed by atoms with E-state index in [2.05, 4.69) is 63.3 Å².